The summed E-state index contributed by atoms with van der Waals surface area (Å²) in [5.74, 6) is 0.434. The van der Waals surface area contributed by atoms with E-state index < -0.39 is 0 Å². The lowest BCUT2D eigenvalue weighted by Gasteiger charge is -2.05. The van der Waals surface area contributed by atoms with Crippen molar-refractivity contribution in [3.8, 4) is 22.5 Å². The van der Waals surface area contributed by atoms with Gasteiger partial charge in [-0.2, -0.15) is 0 Å². The van der Waals surface area contributed by atoms with E-state index in [1.165, 1.54) is 12.1 Å². The Morgan fingerprint density at radius 1 is 1.00 bits per heavy atom. The van der Waals surface area contributed by atoms with Gasteiger partial charge in [0.25, 0.3) is 0 Å². The summed E-state index contributed by atoms with van der Waals surface area (Å²) in [4.78, 5) is 16.6. The second kappa shape index (κ2) is 6.26. The second-order valence-electron chi connectivity index (χ2n) is 5.68. The highest BCUT2D eigenvalue weighted by Crippen LogP contribution is 2.33. The number of nitrogens with zero attached hydrogens (tertiary/aromatic N) is 3. The van der Waals surface area contributed by atoms with E-state index in [9.17, 15) is 4.39 Å². The molecule has 0 saturated heterocycles. The molecule has 4 nitrogen and oxygen atoms in total. The quantitative estimate of drug-likeness (QED) is 0.562. The molecule has 25 heavy (non-hydrogen) atoms. The predicted octanol–water partition coefficient (Wildman–Crippen LogP) is 5.04. The maximum atomic E-state index is 13.8. The zero-order chi connectivity index (χ0) is 17.4. The molecule has 2 aromatic carbocycles. The number of rotatable bonds is 3. The summed E-state index contributed by atoms with van der Waals surface area (Å²) >= 11 is 6.02. The summed E-state index contributed by atoms with van der Waals surface area (Å²) in [7, 11) is 0. The number of aromatic nitrogens is 4. The van der Waals surface area contributed by atoms with Crippen molar-refractivity contribution < 1.29 is 4.39 Å². The van der Waals surface area contributed by atoms with Crippen molar-refractivity contribution in [3.63, 3.8) is 0 Å². The summed E-state index contributed by atoms with van der Waals surface area (Å²) in [5, 5.41) is 0.339. The summed E-state index contributed by atoms with van der Waals surface area (Å²) in [6, 6.07) is 10.2. The van der Waals surface area contributed by atoms with E-state index in [1.54, 1.807) is 18.5 Å². The third-order valence-electron chi connectivity index (χ3n) is 3.98. The predicted molar refractivity (Wildman–Crippen MR) is 96.9 cm³/mol. The van der Waals surface area contributed by atoms with Crippen LogP contribution in [0.4, 0.5) is 4.39 Å². The number of benzene rings is 2. The van der Waals surface area contributed by atoms with Crippen LogP contribution in [-0.4, -0.2) is 19.9 Å². The van der Waals surface area contributed by atoms with E-state index in [-0.39, 0.29) is 5.82 Å². The summed E-state index contributed by atoms with van der Waals surface area (Å²) < 4.78 is 13.8. The average Bonchev–Trinajstić information content (AvgIpc) is 3.05. The second-order valence-corrected chi connectivity index (χ2v) is 6.12. The Hall–Kier alpha value is -2.79. The van der Waals surface area contributed by atoms with Crippen LogP contribution in [0, 0.1) is 5.82 Å². The minimum Gasteiger partial charge on any atom is -0.341 e. The maximum Gasteiger partial charge on any atom is 0.125 e. The number of aromatic amines is 1. The van der Waals surface area contributed by atoms with Gasteiger partial charge in [-0.05, 0) is 30.3 Å². The molecular formula is C19H14ClFN4. The molecular weight excluding hydrogens is 339 g/mol. The van der Waals surface area contributed by atoms with Crippen LogP contribution in [0.5, 0.6) is 0 Å². The molecule has 0 atom stereocenters. The number of hydrogen-bond donors (Lipinski definition) is 1. The van der Waals surface area contributed by atoms with Crippen molar-refractivity contribution in [3.05, 3.63) is 65.5 Å². The number of aryl methyl sites for hydroxylation is 1. The molecule has 0 radical (unpaired) electrons. The summed E-state index contributed by atoms with van der Waals surface area (Å²) in [5.41, 5.74) is 4.63. The molecule has 6 heteroatoms. The topological polar surface area (TPSA) is 54.5 Å². The lowest BCUT2D eigenvalue weighted by Crippen LogP contribution is -1.88. The lowest BCUT2D eigenvalue weighted by molar-refractivity contribution is 0.628. The number of halogens is 2. The third-order valence-corrected chi connectivity index (χ3v) is 4.20. The van der Waals surface area contributed by atoms with Gasteiger partial charge in [0.15, 0.2) is 0 Å². The van der Waals surface area contributed by atoms with Crippen LogP contribution in [-0.2, 0) is 6.42 Å². The van der Waals surface area contributed by atoms with Crippen LogP contribution in [0.15, 0.2) is 48.8 Å². The first kappa shape index (κ1) is 15.7. The number of H-pyrrole nitrogens is 1. The van der Waals surface area contributed by atoms with Gasteiger partial charge >= 0.3 is 0 Å². The molecule has 2 heterocycles. The average molecular weight is 353 g/mol. The lowest BCUT2D eigenvalue weighted by atomic mass is 10.0. The highest BCUT2D eigenvalue weighted by molar-refractivity contribution is 6.30. The van der Waals surface area contributed by atoms with Crippen LogP contribution in [0.1, 0.15) is 12.7 Å². The van der Waals surface area contributed by atoms with Gasteiger partial charge in [0.2, 0.25) is 0 Å². The molecule has 0 spiro atoms. The van der Waals surface area contributed by atoms with Crippen molar-refractivity contribution >= 4 is 22.6 Å². The number of nitrogens with one attached hydrogen (secondary N) is 1. The molecule has 0 fully saturated rings. The monoisotopic (exact) mass is 352 g/mol. The third kappa shape index (κ3) is 2.98. The Morgan fingerprint density at radius 3 is 2.56 bits per heavy atom. The first-order valence-electron chi connectivity index (χ1n) is 7.90. The van der Waals surface area contributed by atoms with E-state index in [0.717, 1.165) is 34.5 Å². The largest absolute Gasteiger partial charge is 0.341 e. The van der Waals surface area contributed by atoms with Crippen LogP contribution in [0.25, 0.3) is 33.5 Å². The molecule has 4 aromatic rings. The fourth-order valence-corrected chi connectivity index (χ4v) is 3.04. The molecule has 0 unspecified atom stereocenters. The Balaban J connectivity index is 1.92. The first-order chi connectivity index (χ1) is 12.1. The van der Waals surface area contributed by atoms with Crippen molar-refractivity contribution in [2.24, 2.45) is 0 Å². The van der Waals surface area contributed by atoms with Crippen molar-refractivity contribution in [1.29, 1.82) is 0 Å². The fourth-order valence-electron chi connectivity index (χ4n) is 2.82. The van der Waals surface area contributed by atoms with Crippen LogP contribution in [0.3, 0.4) is 0 Å². The molecule has 0 aliphatic carbocycles. The Kier molecular flexibility index (Phi) is 3.93. The smallest absolute Gasteiger partial charge is 0.125 e. The van der Waals surface area contributed by atoms with Gasteiger partial charge in [0, 0.05) is 35.0 Å². The van der Waals surface area contributed by atoms with Gasteiger partial charge in [-0.15, -0.1) is 0 Å². The van der Waals surface area contributed by atoms with Gasteiger partial charge in [-0.1, -0.05) is 24.6 Å². The van der Waals surface area contributed by atoms with Crippen molar-refractivity contribution in [1.82, 2.24) is 19.9 Å². The molecule has 0 saturated carbocycles. The first-order valence-corrected chi connectivity index (χ1v) is 8.28. The van der Waals surface area contributed by atoms with Crippen LogP contribution in [0.2, 0.25) is 5.02 Å². The number of imidazole rings is 1. The van der Waals surface area contributed by atoms with Crippen molar-refractivity contribution in [2.75, 3.05) is 0 Å². The van der Waals surface area contributed by atoms with Gasteiger partial charge in [0.05, 0.1) is 22.4 Å². The molecule has 0 aliphatic rings. The van der Waals surface area contributed by atoms with E-state index in [2.05, 4.69) is 19.9 Å². The van der Waals surface area contributed by atoms with E-state index in [1.807, 2.05) is 25.1 Å². The molecule has 1 N–H and O–H groups in total. The van der Waals surface area contributed by atoms with Gasteiger partial charge in [-0.3, -0.25) is 9.97 Å². The highest BCUT2D eigenvalue weighted by atomic mass is 35.5. The molecule has 124 valence electrons. The standard InChI is InChI=1S/C19H14ClFN4/c1-2-17-24-18(11-3-4-15-16(9-11)23-6-5-22-15)19(25-17)12-7-13(20)10-14(21)8-12/h3-10H,2H2,1H3,(H,24,25). The molecule has 0 aliphatic heterocycles. The highest BCUT2D eigenvalue weighted by Gasteiger charge is 2.15. The molecule has 2 aromatic heterocycles. The fraction of sp³-hybridized carbons (Fsp3) is 0.105. The van der Waals surface area contributed by atoms with Gasteiger partial charge < -0.3 is 4.98 Å². The van der Waals surface area contributed by atoms with Gasteiger partial charge in [-0.25, -0.2) is 9.37 Å². The SMILES string of the molecule is CCc1nc(-c2cc(F)cc(Cl)c2)c(-c2ccc3nccnc3c2)[nH]1. The van der Waals surface area contributed by atoms with Crippen molar-refractivity contribution in [2.45, 2.75) is 13.3 Å². The molecule has 0 bridgehead atoms. The molecule has 4 rings (SSSR count). The summed E-state index contributed by atoms with van der Waals surface area (Å²) in [6.07, 6.45) is 4.06. The Bertz CT molecular complexity index is 1050. The number of fused-ring (bicyclic) bond motifs is 1. The van der Waals surface area contributed by atoms with E-state index in [0.29, 0.717) is 16.3 Å². The zero-order valence-corrected chi connectivity index (χ0v) is 14.2. The van der Waals surface area contributed by atoms with Crippen LogP contribution < -0.4 is 0 Å². The van der Waals surface area contributed by atoms with E-state index in [4.69, 9.17) is 11.6 Å². The minimum atomic E-state index is -0.390. The minimum absolute atomic E-state index is 0.339. The van der Waals surface area contributed by atoms with E-state index >= 15 is 0 Å². The maximum absolute atomic E-state index is 13.8. The van der Waals surface area contributed by atoms with Gasteiger partial charge in [0.1, 0.15) is 11.6 Å². The Labute approximate surface area is 148 Å². The number of hydrogen-bond acceptors (Lipinski definition) is 3. The normalized spacial score (nSPS) is 11.2. The Morgan fingerprint density at radius 2 is 1.80 bits per heavy atom. The zero-order valence-electron chi connectivity index (χ0n) is 13.4. The van der Waals surface area contributed by atoms with Crippen LogP contribution >= 0.6 is 11.6 Å². The molecule has 0 amide bonds. The summed E-state index contributed by atoms with van der Waals surface area (Å²) in [6.45, 7) is 2.01.